The van der Waals surface area contributed by atoms with Crippen LogP contribution in [-0.4, -0.2) is 16.9 Å². The van der Waals surface area contributed by atoms with Crippen LogP contribution in [0.2, 0.25) is 0 Å². The second-order valence-corrected chi connectivity index (χ2v) is 4.38. The molecule has 2 aliphatic rings. The molecule has 1 aliphatic carbocycles. The average molecular weight is 217 g/mol. The van der Waals surface area contributed by atoms with Gasteiger partial charge in [-0.25, -0.2) is 4.90 Å². The molecule has 1 saturated heterocycles. The molecule has 0 aromatic heterocycles. The molecule has 1 aromatic carbocycles. The number of phenols is 1. The fourth-order valence-electron chi connectivity index (χ4n) is 2.27. The van der Waals surface area contributed by atoms with Gasteiger partial charge in [-0.05, 0) is 25.5 Å². The third-order valence-electron chi connectivity index (χ3n) is 3.38. The highest BCUT2D eigenvalue weighted by molar-refractivity contribution is 6.25. The lowest BCUT2D eigenvalue weighted by molar-refractivity contribution is -0.123. The van der Waals surface area contributed by atoms with Crippen LogP contribution in [0.5, 0.6) is 5.75 Å². The van der Waals surface area contributed by atoms with Gasteiger partial charge in [0, 0.05) is 5.56 Å². The fraction of sp³-hybridized carbons (Fsp3) is 0.333. The molecule has 2 fully saturated rings. The number of carbonyl (C=O) groups excluding carboxylic acids is 2. The zero-order valence-electron chi connectivity index (χ0n) is 8.80. The van der Waals surface area contributed by atoms with Gasteiger partial charge in [0.15, 0.2) is 0 Å². The standard InChI is InChI=1S/C12H11NO3/c1-6-9(3-2-4-10(6)14)13-11(15)7-5-8(7)12(13)16/h2-4,7-8,14H,5H2,1H3. The summed E-state index contributed by atoms with van der Waals surface area (Å²) in [4.78, 5) is 24.9. The Labute approximate surface area is 92.5 Å². The average Bonchev–Trinajstić information content (AvgIpc) is 2.99. The van der Waals surface area contributed by atoms with E-state index in [1.807, 2.05) is 0 Å². The lowest BCUT2D eigenvalue weighted by atomic mass is 10.1. The summed E-state index contributed by atoms with van der Waals surface area (Å²) in [5.74, 6) is -0.338. The third kappa shape index (κ3) is 1.04. The number of piperidine rings is 1. The summed E-state index contributed by atoms with van der Waals surface area (Å²) in [5.41, 5.74) is 1.09. The highest BCUT2D eigenvalue weighted by Crippen LogP contribution is 2.49. The summed E-state index contributed by atoms with van der Waals surface area (Å²) in [6.07, 6.45) is 0.700. The van der Waals surface area contributed by atoms with Crippen LogP contribution in [0.4, 0.5) is 5.69 Å². The molecule has 2 atom stereocenters. The highest BCUT2D eigenvalue weighted by Gasteiger charge is 2.59. The van der Waals surface area contributed by atoms with Gasteiger partial charge in [-0.15, -0.1) is 0 Å². The van der Waals surface area contributed by atoms with Crippen LogP contribution >= 0.6 is 0 Å². The Hall–Kier alpha value is -1.84. The second kappa shape index (κ2) is 2.84. The van der Waals surface area contributed by atoms with E-state index < -0.39 is 0 Å². The van der Waals surface area contributed by atoms with Gasteiger partial charge in [-0.3, -0.25) is 9.59 Å². The second-order valence-electron chi connectivity index (χ2n) is 4.38. The fourth-order valence-corrected chi connectivity index (χ4v) is 2.27. The van der Waals surface area contributed by atoms with E-state index in [4.69, 9.17) is 0 Å². The molecular formula is C12H11NO3. The van der Waals surface area contributed by atoms with E-state index in [1.54, 1.807) is 25.1 Å². The number of phenolic OH excluding ortho intramolecular Hbond substituents is 1. The van der Waals surface area contributed by atoms with Crippen molar-refractivity contribution >= 4 is 17.5 Å². The van der Waals surface area contributed by atoms with E-state index in [-0.39, 0.29) is 29.4 Å². The zero-order chi connectivity index (χ0) is 11.4. The van der Waals surface area contributed by atoms with Crippen LogP contribution < -0.4 is 4.90 Å². The maximum Gasteiger partial charge on any atom is 0.237 e. The number of hydrogen-bond donors (Lipinski definition) is 1. The molecule has 0 spiro atoms. The molecule has 2 amide bonds. The zero-order valence-corrected chi connectivity index (χ0v) is 8.80. The number of nitrogens with zero attached hydrogens (tertiary/aromatic N) is 1. The first kappa shape index (κ1) is 9.39. The molecule has 16 heavy (non-hydrogen) atoms. The first-order valence-corrected chi connectivity index (χ1v) is 5.27. The predicted octanol–water partition coefficient (Wildman–Crippen LogP) is 1.21. The molecule has 1 heterocycles. The van der Waals surface area contributed by atoms with Crippen LogP contribution in [0.25, 0.3) is 0 Å². The molecule has 1 N–H and O–H groups in total. The van der Waals surface area contributed by atoms with Gasteiger partial charge >= 0.3 is 0 Å². The van der Waals surface area contributed by atoms with Crippen molar-refractivity contribution in [2.24, 2.45) is 11.8 Å². The monoisotopic (exact) mass is 217 g/mol. The Morgan fingerprint density at radius 3 is 2.50 bits per heavy atom. The van der Waals surface area contributed by atoms with Crippen molar-refractivity contribution in [1.29, 1.82) is 0 Å². The van der Waals surface area contributed by atoms with Crippen molar-refractivity contribution in [3.05, 3.63) is 23.8 Å². The lowest BCUT2D eigenvalue weighted by Crippen LogP contribution is -2.33. The SMILES string of the molecule is Cc1c(O)cccc1N1C(=O)C2CC2C1=O. The topological polar surface area (TPSA) is 57.6 Å². The summed E-state index contributed by atoms with van der Waals surface area (Å²) in [6.45, 7) is 1.70. The molecule has 0 bridgehead atoms. The van der Waals surface area contributed by atoms with Crippen LogP contribution in [-0.2, 0) is 9.59 Å². The number of amides is 2. The number of aromatic hydroxyl groups is 1. The Bertz CT molecular complexity index is 489. The molecule has 1 aromatic rings. The first-order chi connectivity index (χ1) is 7.61. The van der Waals surface area contributed by atoms with Crippen LogP contribution in [0, 0.1) is 18.8 Å². The third-order valence-corrected chi connectivity index (χ3v) is 3.38. The molecule has 0 radical (unpaired) electrons. The van der Waals surface area contributed by atoms with Gasteiger partial charge in [0.2, 0.25) is 11.8 Å². The quantitative estimate of drug-likeness (QED) is 0.719. The number of benzene rings is 1. The molecule has 1 saturated carbocycles. The summed E-state index contributed by atoms with van der Waals surface area (Å²) >= 11 is 0. The van der Waals surface area contributed by atoms with E-state index in [2.05, 4.69) is 0 Å². The number of imide groups is 1. The minimum atomic E-state index is -0.122. The van der Waals surface area contributed by atoms with Crippen molar-refractivity contribution in [2.45, 2.75) is 13.3 Å². The van der Waals surface area contributed by atoms with Crippen molar-refractivity contribution in [3.8, 4) is 5.75 Å². The van der Waals surface area contributed by atoms with E-state index in [9.17, 15) is 14.7 Å². The van der Waals surface area contributed by atoms with E-state index in [0.717, 1.165) is 0 Å². The number of anilines is 1. The summed E-state index contributed by atoms with van der Waals surface area (Å²) in [5, 5.41) is 9.56. The molecule has 3 rings (SSSR count). The molecule has 2 unspecified atom stereocenters. The van der Waals surface area contributed by atoms with Gasteiger partial charge in [-0.2, -0.15) is 0 Å². The Morgan fingerprint density at radius 1 is 1.25 bits per heavy atom. The Kier molecular flexibility index (Phi) is 1.67. The van der Waals surface area contributed by atoms with Crippen molar-refractivity contribution in [1.82, 2.24) is 0 Å². The van der Waals surface area contributed by atoms with Crippen LogP contribution in [0.3, 0.4) is 0 Å². The highest BCUT2D eigenvalue weighted by atomic mass is 16.3. The Balaban J connectivity index is 2.08. The molecule has 4 heteroatoms. The van der Waals surface area contributed by atoms with Crippen molar-refractivity contribution in [2.75, 3.05) is 4.90 Å². The summed E-state index contributed by atoms with van der Waals surface area (Å²) < 4.78 is 0. The maximum atomic E-state index is 11.8. The predicted molar refractivity (Wildman–Crippen MR) is 56.9 cm³/mol. The molecular weight excluding hydrogens is 206 g/mol. The van der Waals surface area contributed by atoms with E-state index in [0.29, 0.717) is 17.7 Å². The molecule has 1 aliphatic heterocycles. The number of rotatable bonds is 1. The lowest BCUT2D eigenvalue weighted by Gasteiger charge is -2.19. The van der Waals surface area contributed by atoms with Gasteiger partial charge in [0.1, 0.15) is 5.75 Å². The van der Waals surface area contributed by atoms with Crippen molar-refractivity contribution in [3.63, 3.8) is 0 Å². The van der Waals surface area contributed by atoms with Crippen molar-refractivity contribution < 1.29 is 14.7 Å². The number of hydrogen-bond acceptors (Lipinski definition) is 3. The van der Waals surface area contributed by atoms with Gasteiger partial charge in [0.05, 0.1) is 17.5 Å². The molecule has 4 nitrogen and oxygen atoms in total. The maximum absolute atomic E-state index is 11.8. The first-order valence-electron chi connectivity index (χ1n) is 5.27. The summed E-state index contributed by atoms with van der Waals surface area (Å²) in [6, 6.07) is 4.88. The molecule has 82 valence electrons. The normalized spacial score (nSPS) is 27.2. The van der Waals surface area contributed by atoms with E-state index >= 15 is 0 Å². The van der Waals surface area contributed by atoms with Gasteiger partial charge in [0.25, 0.3) is 0 Å². The minimum absolute atomic E-state index is 0.103. The largest absolute Gasteiger partial charge is 0.508 e. The minimum Gasteiger partial charge on any atom is -0.508 e. The van der Waals surface area contributed by atoms with Gasteiger partial charge < -0.3 is 5.11 Å². The van der Waals surface area contributed by atoms with Gasteiger partial charge in [-0.1, -0.05) is 6.07 Å². The van der Waals surface area contributed by atoms with Crippen LogP contribution in [0.15, 0.2) is 18.2 Å². The summed E-state index contributed by atoms with van der Waals surface area (Å²) in [7, 11) is 0. The Morgan fingerprint density at radius 2 is 1.88 bits per heavy atom. The number of carbonyl (C=O) groups is 2. The van der Waals surface area contributed by atoms with E-state index in [1.165, 1.54) is 4.90 Å². The number of fused-ring (bicyclic) bond motifs is 1. The smallest absolute Gasteiger partial charge is 0.237 e. The van der Waals surface area contributed by atoms with Crippen LogP contribution in [0.1, 0.15) is 12.0 Å².